The average Bonchev–Trinajstić information content (AvgIpc) is 3.00. The third-order valence-corrected chi connectivity index (χ3v) is 3.68. The quantitative estimate of drug-likeness (QED) is 0.853. The number of nitrogens with two attached hydrogens (primary N) is 1. The number of benzene rings is 1. The lowest BCUT2D eigenvalue weighted by molar-refractivity contribution is -0.137. The lowest BCUT2D eigenvalue weighted by atomic mass is 10.0. The standard InChI is InChI=1S/C15H17F3N2O3/c16-15(17,18)11-3-1-9(2-4-11)7-12(13(19)21)20-14(22)10-5-6-23-8-10/h1-4,10,12H,5-8H2,(H2,19,21)(H,20,22)/t10-,12-/m0/s1. The zero-order valence-corrected chi connectivity index (χ0v) is 12.2. The number of hydrogen-bond donors (Lipinski definition) is 2. The van der Waals surface area contributed by atoms with Crippen molar-refractivity contribution >= 4 is 11.8 Å². The third kappa shape index (κ3) is 4.69. The zero-order valence-electron chi connectivity index (χ0n) is 12.2. The summed E-state index contributed by atoms with van der Waals surface area (Å²) in [5, 5.41) is 2.54. The van der Waals surface area contributed by atoms with Crippen LogP contribution >= 0.6 is 0 Å². The van der Waals surface area contributed by atoms with Crippen molar-refractivity contribution in [2.45, 2.75) is 25.1 Å². The number of amides is 2. The van der Waals surface area contributed by atoms with Crippen molar-refractivity contribution in [1.82, 2.24) is 5.32 Å². The van der Waals surface area contributed by atoms with Gasteiger partial charge in [0.25, 0.3) is 0 Å². The topological polar surface area (TPSA) is 81.4 Å². The van der Waals surface area contributed by atoms with Crippen LogP contribution in [0.15, 0.2) is 24.3 Å². The molecule has 1 heterocycles. The second-order valence-corrected chi connectivity index (χ2v) is 5.42. The number of ether oxygens (including phenoxy) is 1. The van der Waals surface area contributed by atoms with Gasteiger partial charge in [-0.05, 0) is 24.1 Å². The van der Waals surface area contributed by atoms with Gasteiger partial charge in [-0.25, -0.2) is 0 Å². The zero-order chi connectivity index (χ0) is 17.0. The van der Waals surface area contributed by atoms with Gasteiger partial charge in [0.05, 0.1) is 18.1 Å². The largest absolute Gasteiger partial charge is 0.416 e. The van der Waals surface area contributed by atoms with E-state index in [1.54, 1.807) is 0 Å². The van der Waals surface area contributed by atoms with E-state index in [0.717, 1.165) is 12.1 Å². The first kappa shape index (κ1) is 17.3. The molecule has 1 aliphatic heterocycles. The summed E-state index contributed by atoms with van der Waals surface area (Å²) in [4.78, 5) is 23.5. The highest BCUT2D eigenvalue weighted by molar-refractivity contribution is 5.87. The summed E-state index contributed by atoms with van der Waals surface area (Å²) in [6.07, 6.45) is -3.82. The predicted octanol–water partition coefficient (Wildman–Crippen LogP) is 1.25. The van der Waals surface area contributed by atoms with Gasteiger partial charge in [0.1, 0.15) is 6.04 Å². The summed E-state index contributed by atoms with van der Waals surface area (Å²) in [6.45, 7) is 0.774. The van der Waals surface area contributed by atoms with E-state index in [-0.39, 0.29) is 24.9 Å². The second kappa shape index (κ2) is 6.99. The molecule has 1 aromatic carbocycles. The summed E-state index contributed by atoms with van der Waals surface area (Å²) < 4.78 is 42.6. The molecule has 5 nitrogen and oxygen atoms in total. The highest BCUT2D eigenvalue weighted by Gasteiger charge is 2.30. The van der Waals surface area contributed by atoms with Crippen molar-refractivity contribution in [3.63, 3.8) is 0 Å². The highest BCUT2D eigenvalue weighted by Crippen LogP contribution is 2.29. The fraction of sp³-hybridized carbons (Fsp3) is 0.467. The Balaban J connectivity index is 2.01. The number of halogens is 3. The maximum atomic E-state index is 12.5. The molecule has 0 saturated carbocycles. The van der Waals surface area contributed by atoms with Crippen molar-refractivity contribution in [2.75, 3.05) is 13.2 Å². The van der Waals surface area contributed by atoms with Crippen LogP contribution in [0.3, 0.4) is 0 Å². The average molecular weight is 330 g/mol. The maximum Gasteiger partial charge on any atom is 0.416 e. The van der Waals surface area contributed by atoms with Gasteiger partial charge in [-0.15, -0.1) is 0 Å². The molecule has 2 rings (SSSR count). The van der Waals surface area contributed by atoms with Crippen LogP contribution in [0.25, 0.3) is 0 Å². The molecule has 2 atom stereocenters. The molecule has 8 heteroatoms. The number of rotatable bonds is 5. The Hall–Kier alpha value is -2.09. The van der Waals surface area contributed by atoms with Crippen LogP contribution in [-0.2, 0) is 26.9 Å². The van der Waals surface area contributed by atoms with Crippen LogP contribution in [-0.4, -0.2) is 31.1 Å². The number of hydrogen-bond acceptors (Lipinski definition) is 3. The Morgan fingerprint density at radius 3 is 2.43 bits per heavy atom. The van der Waals surface area contributed by atoms with Gasteiger partial charge in [-0.2, -0.15) is 13.2 Å². The lowest BCUT2D eigenvalue weighted by Gasteiger charge is -2.18. The third-order valence-electron chi connectivity index (χ3n) is 3.68. The van der Waals surface area contributed by atoms with Crippen molar-refractivity contribution in [3.05, 3.63) is 35.4 Å². The van der Waals surface area contributed by atoms with Gasteiger partial charge < -0.3 is 15.8 Å². The first-order chi connectivity index (χ1) is 10.8. The molecular formula is C15H17F3N2O3. The van der Waals surface area contributed by atoms with E-state index in [0.29, 0.717) is 18.6 Å². The molecule has 0 unspecified atom stereocenters. The summed E-state index contributed by atoms with van der Waals surface area (Å²) in [6, 6.07) is 3.42. The van der Waals surface area contributed by atoms with Crippen LogP contribution in [0.4, 0.5) is 13.2 Å². The number of primary amides is 1. The summed E-state index contributed by atoms with van der Waals surface area (Å²) >= 11 is 0. The molecule has 0 aliphatic carbocycles. The summed E-state index contributed by atoms with van der Waals surface area (Å²) in [7, 11) is 0. The fourth-order valence-electron chi connectivity index (χ4n) is 2.32. The molecule has 0 radical (unpaired) electrons. The molecule has 0 bridgehead atoms. The Kier molecular flexibility index (Phi) is 5.25. The Morgan fingerprint density at radius 1 is 1.30 bits per heavy atom. The number of carbonyl (C=O) groups is 2. The predicted molar refractivity (Wildman–Crippen MR) is 75.2 cm³/mol. The van der Waals surface area contributed by atoms with Crippen molar-refractivity contribution in [3.8, 4) is 0 Å². The first-order valence-electron chi connectivity index (χ1n) is 7.11. The van der Waals surface area contributed by atoms with E-state index in [9.17, 15) is 22.8 Å². The normalized spacial score (nSPS) is 19.3. The summed E-state index contributed by atoms with van der Waals surface area (Å²) in [5.41, 5.74) is 4.97. The van der Waals surface area contributed by atoms with E-state index in [1.807, 2.05) is 0 Å². The molecule has 1 fully saturated rings. The smallest absolute Gasteiger partial charge is 0.381 e. The summed E-state index contributed by atoms with van der Waals surface area (Å²) in [5.74, 6) is -1.40. The molecule has 1 aliphatic rings. The Morgan fingerprint density at radius 2 is 1.96 bits per heavy atom. The highest BCUT2D eigenvalue weighted by atomic mass is 19.4. The van der Waals surface area contributed by atoms with Gasteiger partial charge in [-0.1, -0.05) is 12.1 Å². The minimum absolute atomic E-state index is 0.0345. The molecule has 1 saturated heterocycles. The fourth-order valence-corrected chi connectivity index (χ4v) is 2.32. The SMILES string of the molecule is NC(=O)[C@H](Cc1ccc(C(F)(F)F)cc1)NC(=O)[C@H]1CCOC1. The molecule has 1 aromatic rings. The van der Waals surface area contributed by atoms with Crippen LogP contribution in [0.5, 0.6) is 0 Å². The van der Waals surface area contributed by atoms with Crippen molar-refractivity contribution in [1.29, 1.82) is 0 Å². The Bertz CT molecular complexity index is 566. The monoisotopic (exact) mass is 330 g/mol. The van der Waals surface area contributed by atoms with Gasteiger partial charge in [-0.3, -0.25) is 9.59 Å². The van der Waals surface area contributed by atoms with E-state index in [1.165, 1.54) is 12.1 Å². The molecule has 23 heavy (non-hydrogen) atoms. The van der Waals surface area contributed by atoms with Crippen LogP contribution < -0.4 is 11.1 Å². The Labute approximate surface area is 131 Å². The molecule has 0 aromatic heterocycles. The molecule has 126 valence electrons. The van der Waals surface area contributed by atoms with Gasteiger partial charge in [0.2, 0.25) is 11.8 Å². The maximum absolute atomic E-state index is 12.5. The van der Waals surface area contributed by atoms with E-state index < -0.39 is 23.7 Å². The van der Waals surface area contributed by atoms with E-state index >= 15 is 0 Å². The van der Waals surface area contributed by atoms with Crippen LogP contribution in [0.2, 0.25) is 0 Å². The van der Waals surface area contributed by atoms with Gasteiger partial charge in [0.15, 0.2) is 0 Å². The molecule has 0 spiro atoms. The second-order valence-electron chi connectivity index (χ2n) is 5.42. The van der Waals surface area contributed by atoms with E-state index in [2.05, 4.69) is 5.32 Å². The van der Waals surface area contributed by atoms with Crippen LogP contribution in [0.1, 0.15) is 17.5 Å². The number of alkyl halides is 3. The minimum atomic E-state index is -4.42. The first-order valence-corrected chi connectivity index (χ1v) is 7.11. The van der Waals surface area contributed by atoms with Gasteiger partial charge >= 0.3 is 6.18 Å². The van der Waals surface area contributed by atoms with Crippen LogP contribution in [0, 0.1) is 5.92 Å². The van der Waals surface area contributed by atoms with Gasteiger partial charge in [0, 0.05) is 13.0 Å². The lowest BCUT2D eigenvalue weighted by Crippen LogP contribution is -2.48. The number of carbonyl (C=O) groups excluding carboxylic acids is 2. The van der Waals surface area contributed by atoms with Crippen molar-refractivity contribution < 1.29 is 27.5 Å². The van der Waals surface area contributed by atoms with E-state index in [4.69, 9.17) is 10.5 Å². The number of nitrogens with one attached hydrogen (secondary N) is 1. The van der Waals surface area contributed by atoms with Crippen molar-refractivity contribution in [2.24, 2.45) is 11.7 Å². The minimum Gasteiger partial charge on any atom is -0.381 e. The molecular weight excluding hydrogens is 313 g/mol. The molecule has 3 N–H and O–H groups in total. The molecule has 2 amide bonds.